The largest absolute Gasteiger partial charge is 0.386 e. The lowest BCUT2D eigenvalue weighted by Crippen LogP contribution is -2.31. The van der Waals surface area contributed by atoms with Crippen LogP contribution in [-0.4, -0.2) is 29.2 Å². The van der Waals surface area contributed by atoms with Crippen molar-refractivity contribution in [3.05, 3.63) is 35.0 Å². The van der Waals surface area contributed by atoms with E-state index in [9.17, 15) is 8.78 Å². The van der Waals surface area contributed by atoms with Gasteiger partial charge >= 0.3 is 0 Å². The summed E-state index contributed by atoms with van der Waals surface area (Å²) >= 11 is 5.86. The molecule has 0 bridgehead atoms. The van der Waals surface area contributed by atoms with Crippen LogP contribution >= 0.6 is 11.6 Å². The van der Waals surface area contributed by atoms with Gasteiger partial charge < -0.3 is 15.4 Å². The van der Waals surface area contributed by atoms with E-state index < -0.39 is 12.5 Å². The lowest BCUT2D eigenvalue weighted by Gasteiger charge is -2.10. The minimum Gasteiger partial charge on any atom is -0.386 e. The van der Waals surface area contributed by atoms with E-state index in [1.807, 2.05) is 6.07 Å². The molecular formula is C12H13ClF2N2O. The first-order valence-corrected chi connectivity index (χ1v) is 5.88. The average molecular weight is 275 g/mol. The van der Waals surface area contributed by atoms with Gasteiger partial charge in [0.2, 0.25) is 0 Å². The molecule has 6 heteroatoms. The Morgan fingerprint density at radius 1 is 1.39 bits per heavy atom. The summed E-state index contributed by atoms with van der Waals surface area (Å²) in [5, 5.41) is 13.4. The number of alkyl halides is 2. The lowest BCUT2D eigenvalue weighted by molar-refractivity contribution is -0.00339. The Labute approximate surface area is 108 Å². The first-order chi connectivity index (χ1) is 8.58. The molecule has 0 fully saturated rings. The number of nitrogens with one attached hydrogen (secondary N) is 2. The molecule has 1 heterocycles. The van der Waals surface area contributed by atoms with Crippen molar-refractivity contribution in [2.75, 3.05) is 6.54 Å². The SMILES string of the molecule is OC(CNCc1c[nH]c2cc(Cl)ccc12)C(F)F. The molecule has 3 N–H and O–H groups in total. The van der Waals surface area contributed by atoms with E-state index in [0.29, 0.717) is 11.6 Å². The molecule has 0 saturated heterocycles. The van der Waals surface area contributed by atoms with Gasteiger partial charge in [-0.2, -0.15) is 0 Å². The van der Waals surface area contributed by atoms with Crippen molar-refractivity contribution in [2.24, 2.45) is 0 Å². The maximum atomic E-state index is 12.1. The average Bonchev–Trinajstić information content (AvgIpc) is 2.71. The van der Waals surface area contributed by atoms with Crippen molar-refractivity contribution in [1.82, 2.24) is 10.3 Å². The van der Waals surface area contributed by atoms with Crippen molar-refractivity contribution >= 4 is 22.5 Å². The molecule has 1 atom stereocenters. The molecule has 0 spiro atoms. The zero-order valence-electron chi connectivity index (χ0n) is 9.46. The fourth-order valence-electron chi connectivity index (χ4n) is 1.75. The highest BCUT2D eigenvalue weighted by atomic mass is 35.5. The normalized spacial score (nSPS) is 13.4. The third-order valence-corrected chi connectivity index (χ3v) is 2.92. The van der Waals surface area contributed by atoms with Crippen LogP contribution in [0.2, 0.25) is 5.02 Å². The molecule has 18 heavy (non-hydrogen) atoms. The molecule has 2 aromatic rings. The van der Waals surface area contributed by atoms with E-state index in [1.54, 1.807) is 18.3 Å². The number of hydrogen-bond donors (Lipinski definition) is 3. The molecule has 1 unspecified atom stereocenters. The first-order valence-electron chi connectivity index (χ1n) is 5.50. The van der Waals surface area contributed by atoms with Gasteiger partial charge in [-0.15, -0.1) is 0 Å². The van der Waals surface area contributed by atoms with Crippen molar-refractivity contribution in [1.29, 1.82) is 0 Å². The number of benzene rings is 1. The Balaban J connectivity index is 2.00. The second-order valence-corrected chi connectivity index (χ2v) is 4.47. The number of aliphatic hydroxyl groups excluding tert-OH is 1. The summed E-state index contributed by atoms with van der Waals surface area (Å²) in [6, 6.07) is 5.44. The highest BCUT2D eigenvalue weighted by molar-refractivity contribution is 6.31. The van der Waals surface area contributed by atoms with Crippen LogP contribution in [0.25, 0.3) is 10.9 Å². The highest BCUT2D eigenvalue weighted by Gasteiger charge is 2.15. The Bertz CT molecular complexity index is 530. The molecule has 98 valence electrons. The second-order valence-electron chi connectivity index (χ2n) is 4.04. The van der Waals surface area contributed by atoms with Crippen LogP contribution in [0.1, 0.15) is 5.56 Å². The van der Waals surface area contributed by atoms with Gasteiger partial charge in [0.1, 0.15) is 6.10 Å². The van der Waals surface area contributed by atoms with Gasteiger partial charge in [-0.1, -0.05) is 17.7 Å². The van der Waals surface area contributed by atoms with Crippen LogP contribution in [-0.2, 0) is 6.54 Å². The van der Waals surface area contributed by atoms with Gasteiger partial charge in [0.25, 0.3) is 6.43 Å². The Morgan fingerprint density at radius 3 is 2.89 bits per heavy atom. The Morgan fingerprint density at radius 2 is 2.17 bits per heavy atom. The molecular weight excluding hydrogens is 262 g/mol. The number of aromatic nitrogens is 1. The molecule has 0 radical (unpaired) electrons. The number of aromatic amines is 1. The smallest absolute Gasteiger partial charge is 0.265 e. The van der Waals surface area contributed by atoms with Crippen LogP contribution < -0.4 is 5.32 Å². The number of aliphatic hydroxyl groups is 1. The first kappa shape index (κ1) is 13.3. The Hall–Kier alpha value is -1.17. The van der Waals surface area contributed by atoms with Crippen LogP contribution in [0, 0.1) is 0 Å². The van der Waals surface area contributed by atoms with Crippen molar-refractivity contribution < 1.29 is 13.9 Å². The Kier molecular flexibility index (Phi) is 4.16. The predicted molar refractivity (Wildman–Crippen MR) is 67.0 cm³/mol. The van der Waals surface area contributed by atoms with E-state index in [2.05, 4.69) is 10.3 Å². The van der Waals surface area contributed by atoms with E-state index in [1.165, 1.54) is 0 Å². The number of halogens is 3. The molecule has 0 saturated carbocycles. The van der Waals surface area contributed by atoms with E-state index in [4.69, 9.17) is 16.7 Å². The van der Waals surface area contributed by atoms with Gasteiger partial charge in [0.05, 0.1) is 0 Å². The van der Waals surface area contributed by atoms with Crippen molar-refractivity contribution in [3.8, 4) is 0 Å². The zero-order chi connectivity index (χ0) is 13.1. The number of hydrogen-bond acceptors (Lipinski definition) is 2. The summed E-state index contributed by atoms with van der Waals surface area (Å²) in [7, 11) is 0. The molecule has 1 aromatic heterocycles. The van der Waals surface area contributed by atoms with Gasteiger partial charge in [-0.3, -0.25) is 0 Å². The summed E-state index contributed by atoms with van der Waals surface area (Å²) in [4.78, 5) is 3.05. The molecule has 2 rings (SSSR count). The molecule has 3 nitrogen and oxygen atoms in total. The molecule has 0 aliphatic carbocycles. The molecule has 0 aliphatic rings. The van der Waals surface area contributed by atoms with E-state index in [-0.39, 0.29) is 6.54 Å². The van der Waals surface area contributed by atoms with Gasteiger partial charge in [0.15, 0.2) is 0 Å². The number of fused-ring (bicyclic) bond motifs is 1. The fraction of sp³-hybridized carbons (Fsp3) is 0.333. The fourth-order valence-corrected chi connectivity index (χ4v) is 1.92. The van der Waals surface area contributed by atoms with Crippen molar-refractivity contribution in [2.45, 2.75) is 19.1 Å². The van der Waals surface area contributed by atoms with Crippen molar-refractivity contribution in [3.63, 3.8) is 0 Å². The molecule has 0 aliphatic heterocycles. The van der Waals surface area contributed by atoms with Gasteiger partial charge in [-0.05, 0) is 17.7 Å². The topological polar surface area (TPSA) is 48.0 Å². The summed E-state index contributed by atoms with van der Waals surface area (Å²) in [5.41, 5.74) is 1.84. The monoisotopic (exact) mass is 274 g/mol. The standard InChI is InChI=1S/C12H13ClF2N2O/c13-8-1-2-9-7(5-17-10(9)3-8)4-16-6-11(18)12(14)15/h1-3,5,11-12,16-18H,4,6H2. The molecule has 0 amide bonds. The summed E-state index contributed by atoms with van der Waals surface area (Å²) < 4.78 is 24.2. The summed E-state index contributed by atoms with van der Waals surface area (Å²) in [6.07, 6.45) is -2.56. The number of rotatable bonds is 5. The third-order valence-electron chi connectivity index (χ3n) is 2.69. The minimum absolute atomic E-state index is 0.141. The van der Waals surface area contributed by atoms with Gasteiger partial charge in [-0.25, -0.2) is 8.78 Å². The number of H-pyrrole nitrogens is 1. The quantitative estimate of drug-likeness (QED) is 0.785. The van der Waals surface area contributed by atoms with Crippen LogP contribution in [0.5, 0.6) is 0 Å². The maximum Gasteiger partial charge on any atom is 0.265 e. The third kappa shape index (κ3) is 2.98. The predicted octanol–water partition coefficient (Wildman–Crippen LogP) is 2.54. The maximum absolute atomic E-state index is 12.1. The minimum atomic E-state index is -2.72. The van der Waals surface area contributed by atoms with E-state index in [0.717, 1.165) is 16.5 Å². The van der Waals surface area contributed by atoms with Crippen LogP contribution in [0.4, 0.5) is 8.78 Å². The van der Waals surface area contributed by atoms with Crippen LogP contribution in [0.15, 0.2) is 24.4 Å². The lowest BCUT2D eigenvalue weighted by atomic mass is 10.2. The van der Waals surface area contributed by atoms with Crippen LogP contribution in [0.3, 0.4) is 0 Å². The molecule has 1 aromatic carbocycles. The summed E-state index contributed by atoms with van der Waals surface area (Å²) in [6.45, 7) is 0.267. The van der Waals surface area contributed by atoms with Gasteiger partial charge in [0, 0.05) is 35.2 Å². The second kappa shape index (κ2) is 5.65. The zero-order valence-corrected chi connectivity index (χ0v) is 10.2. The summed E-state index contributed by atoms with van der Waals surface area (Å²) in [5.74, 6) is 0. The highest BCUT2D eigenvalue weighted by Crippen LogP contribution is 2.21. The van der Waals surface area contributed by atoms with E-state index >= 15 is 0 Å².